The number of aromatic nitrogens is 2. The number of unbranched alkanes of at least 4 members (excludes halogenated alkanes) is 1. The number of phenolic OH excluding ortho intramolecular Hbond substituents is 2. The van der Waals surface area contributed by atoms with Crippen LogP contribution in [0, 0.1) is 0 Å². The summed E-state index contributed by atoms with van der Waals surface area (Å²) in [4.78, 5) is 58.9. The molecule has 0 radical (unpaired) electrons. The highest BCUT2D eigenvalue weighted by Gasteiger charge is 2.31. The maximum absolute atomic E-state index is 13.6. The highest BCUT2D eigenvalue weighted by atomic mass is 16.4. The lowest BCUT2D eigenvalue weighted by Gasteiger charge is -2.25. The van der Waals surface area contributed by atoms with Crippen molar-refractivity contribution in [1.29, 1.82) is 0 Å². The molecule has 0 spiro atoms. The quantitative estimate of drug-likeness (QED) is 0.0915. The Bertz CT molecular complexity index is 1370. The Morgan fingerprint density at radius 1 is 0.750 bits per heavy atom. The number of nitrogens with two attached hydrogens (primary N) is 2. The van der Waals surface area contributed by atoms with Gasteiger partial charge in [0.1, 0.15) is 29.6 Å². The fourth-order valence-electron chi connectivity index (χ4n) is 4.43. The number of hydrogen-bond acceptors (Lipinski definition) is 9. The molecule has 4 unspecified atom stereocenters. The van der Waals surface area contributed by atoms with Gasteiger partial charge in [0.25, 0.3) is 0 Å². The Morgan fingerprint density at radius 2 is 1.25 bits per heavy atom. The molecule has 1 heterocycles. The molecule has 2 aromatic carbocycles. The number of nitrogens with zero attached hydrogens (tertiary/aromatic N) is 1. The zero-order valence-corrected chi connectivity index (χ0v) is 24.1. The summed E-state index contributed by atoms with van der Waals surface area (Å²) < 4.78 is 0. The van der Waals surface area contributed by atoms with Gasteiger partial charge >= 0.3 is 5.97 Å². The van der Waals surface area contributed by atoms with Crippen molar-refractivity contribution in [2.24, 2.45) is 11.5 Å². The molecule has 3 aromatic rings. The second kappa shape index (κ2) is 16.6. The Kier molecular flexibility index (Phi) is 12.7. The van der Waals surface area contributed by atoms with Crippen molar-refractivity contribution in [3.63, 3.8) is 0 Å². The van der Waals surface area contributed by atoms with Crippen molar-refractivity contribution in [3.8, 4) is 11.5 Å². The van der Waals surface area contributed by atoms with Gasteiger partial charge in [-0.2, -0.15) is 0 Å². The van der Waals surface area contributed by atoms with E-state index in [2.05, 4.69) is 25.9 Å². The van der Waals surface area contributed by atoms with Gasteiger partial charge in [-0.15, -0.1) is 0 Å². The fraction of sp³-hybridized carbons (Fsp3) is 0.367. The van der Waals surface area contributed by atoms with Crippen LogP contribution in [0.1, 0.15) is 36.1 Å². The van der Waals surface area contributed by atoms with E-state index in [4.69, 9.17) is 11.5 Å². The normalized spacial score (nSPS) is 13.7. The van der Waals surface area contributed by atoms with Crippen molar-refractivity contribution in [2.45, 2.75) is 62.7 Å². The number of amides is 3. The number of benzene rings is 2. The number of carbonyl (C=O) groups excluding carboxylic acids is 3. The molecule has 0 bridgehead atoms. The lowest BCUT2D eigenvalue weighted by atomic mass is 10.0. The van der Waals surface area contributed by atoms with Crippen LogP contribution in [-0.2, 0) is 38.4 Å². The maximum Gasteiger partial charge on any atom is 0.326 e. The van der Waals surface area contributed by atoms with Crippen LogP contribution in [0.25, 0.3) is 0 Å². The molecule has 1 aromatic heterocycles. The third-order valence-electron chi connectivity index (χ3n) is 6.92. The number of rotatable bonds is 17. The first-order valence-electron chi connectivity index (χ1n) is 14.2. The molecule has 14 heteroatoms. The van der Waals surface area contributed by atoms with E-state index in [1.807, 2.05) is 0 Å². The topological polar surface area (TPSA) is 246 Å². The predicted molar refractivity (Wildman–Crippen MR) is 160 cm³/mol. The molecule has 0 fully saturated rings. The van der Waals surface area contributed by atoms with Gasteiger partial charge in [0.15, 0.2) is 0 Å². The van der Waals surface area contributed by atoms with Gasteiger partial charge in [0.2, 0.25) is 17.7 Å². The number of carbonyl (C=O) groups is 4. The molecule has 44 heavy (non-hydrogen) atoms. The minimum Gasteiger partial charge on any atom is -0.508 e. The largest absolute Gasteiger partial charge is 0.508 e. The summed E-state index contributed by atoms with van der Waals surface area (Å²) in [5, 5.41) is 36.8. The van der Waals surface area contributed by atoms with Gasteiger partial charge in [-0.25, -0.2) is 9.78 Å². The fourth-order valence-corrected chi connectivity index (χ4v) is 4.43. The molecule has 0 saturated carbocycles. The monoisotopic (exact) mass is 609 g/mol. The zero-order valence-electron chi connectivity index (χ0n) is 24.1. The summed E-state index contributed by atoms with van der Waals surface area (Å²) in [6.07, 6.45) is 4.49. The van der Waals surface area contributed by atoms with E-state index >= 15 is 0 Å². The molecule has 0 saturated heterocycles. The molecule has 11 N–H and O–H groups in total. The Hall–Kier alpha value is -4.95. The van der Waals surface area contributed by atoms with E-state index in [9.17, 15) is 34.5 Å². The molecule has 14 nitrogen and oxygen atoms in total. The van der Waals surface area contributed by atoms with Crippen molar-refractivity contribution in [2.75, 3.05) is 6.54 Å². The first-order chi connectivity index (χ1) is 21.0. The lowest BCUT2D eigenvalue weighted by molar-refractivity contribution is -0.142. The average molecular weight is 610 g/mol. The van der Waals surface area contributed by atoms with E-state index in [-0.39, 0.29) is 30.8 Å². The lowest BCUT2D eigenvalue weighted by Crippen LogP contribution is -2.58. The van der Waals surface area contributed by atoms with Crippen LogP contribution in [0.15, 0.2) is 61.1 Å². The number of H-pyrrole nitrogens is 1. The van der Waals surface area contributed by atoms with Crippen LogP contribution < -0.4 is 27.4 Å². The van der Waals surface area contributed by atoms with Crippen molar-refractivity contribution >= 4 is 23.7 Å². The number of imidazole rings is 1. The van der Waals surface area contributed by atoms with Crippen LogP contribution in [0.4, 0.5) is 0 Å². The average Bonchev–Trinajstić information content (AvgIpc) is 3.51. The van der Waals surface area contributed by atoms with Gasteiger partial charge in [-0.1, -0.05) is 30.7 Å². The number of phenols is 2. The van der Waals surface area contributed by atoms with Crippen LogP contribution in [0.3, 0.4) is 0 Å². The first kappa shape index (κ1) is 33.6. The first-order valence-corrected chi connectivity index (χ1v) is 14.2. The minimum absolute atomic E-state index is 0.00348. The van der Waals surface area contributed by atoms with E-state index in [1.54, 1.807) is 12.1 Å². The second-order valence-electron chi connectivity index (χ2n) is 10.4. The minimum atomic E-state index is -1.35. The van der Waals surface area contributed by atoms with Gasteiger partial charge in [-0.05, 0) is 54.8 Å². The van der Waals surface area contributed by atoms with Crippen LogP contribution >= 0.6 is 0 Å². The highest BCUT2D eigenvalue weighted by Crippen LogP contribution is 2.14. The summed E-state index contributed by atoms with van der Waals surface area (Å²) in [6, 6.07) is 7.23. The zero-order chi connectivity index (χ0) is 32.1. The van der Waals surface area contributed by atoms with Gasteiger partial charge < -0.3 is 47.7 Å². The molecule has 0 aliphatic heterocycles. The SMILES string of the molecule is NCCCCC(N)C(=O)NC(Cc1cnc[nH]1)C(=O)NC(Cc1ccc(O)cc1)C(=O)NC(Cc1ccc(O)cc1)C(=O)O. The van der Waals surface area contributed by atoms with E-state index < -0.39 is 47.9 Å². The summed E-state index contributed by atoms with van der Waals surface area (Å²) >= 11 is 0. The summed E-state index contributed by atoms with van der Waals surface area (Å²) in [6.45, 7) is 0.460. The molecule has 0 aliphatic rings. The van der Waals surface area contributed by atoms with E-state index in [0.717, 1.165) is 0 Å². The Balaban J connectivity index is 1.81. The molecular formula is C30H39N7O7. The van der Waals surface area contributed by atoms with Crippen molar-refractivity contribution in [1.82, 2.24) is 25.9 Å². The molecule has 0 aliphatic carbocycles. The third kappa shape index (κ3) is 10.7. The maximum atomic E-state index is 13.6. The van der Waals surface area contributed by atoms with E-state index in [0.29, 0.717) is 42.6 Å². The molecular weight excluding hydrogens is 570 g/mol. The van der Waals surface area contributed by atoms with Crippen molar-refractivity contribution < 1.29 is 34.5 Å². The standard InChI is InChI=1S/C30H39N7O7/c31-12-2-1-3-23(32)27(40)35-25(15-20-16-33-17-34-20)29(42)36-24(13-18-4-8-21(38)9-5-18)28(41)37-26(30(43)44)14-19-6-10-22(39)11-7-19/h4-11,16-17,23-26,38-39H,1-3,12-15,31-32H2,(H,33,34)(H,35,40)(H,36,42)(H,37,41)(H,43,44). The molecule has 4 atom stereocenters. The molecule has 236 valence electrons. The number of hydrogen-bond donors (Lipinski definition) is 9. The summed E-state index contributed by atoms with van der Waals surface area (Å²) in [7, 11) is 0. The third-order valence-corrected chi connectivity index (χ3v) is 6.92. The summed E-state index contributed by atoms with van der Waals surface area (Å²) in [5.74, 6) is -3.32. The summed E-state index contributed by atoms with van der Waals surface area (Å²) in [5.41, 5.74) is 13.2. The van der Waals surface area contributed by atoms with Crippen LogP contribution in [0.5, 0.6) is 11.5 Å². The smallest absolute Gasteiger partial charge is 0.326 e. The molecule has 3 amide bonds. The van der Waals surface area contributed by atoms with Gasteiger partial charge in [-0.3, -0.25) is 14.4 Å². The van der Waals surface area contributed by atoms with Crippen LogP contribution in [-0.4, -0.2) is 79.7 Å². The number of carboxylic acid groups (broad SMARTS) is 1. The number of aliphatic carboxylic acids is 1. The Morgan fingerprint density at radius 3 is 1.75 bits per heavy atom. The second-order valence-corrected chi connectivity index (χ2v) is 10.4. The number of nitrogens with one attached hydrogen (secondary N) is 4. The highest BCUT2D eigenvalue weighted by molar-refractivity contribution is 5.94. The van der Waals surface area contributed by atoms with Crippen molar-refractivity contribution in [3.05, 3.63) is 77.9 Å². The number of aromatic amines is 1. The number of carboxylic acids is 1. The van der Waals surface area contributed by atoms with Crippen LogP contribution in [0.2, 0.25) is 0 Å². The van der Waals surface area contributed by atoms with Gasteiger partial charge in [0, 0.05) is 31.2 Å². The van der Waals surface area contributed by atoms with Gasteiger partial charge in [0.05, 0.1) is 12.4 Å². The van der Waals surface area contributed by atoms with E-state index in [1.165, 1.54) is 48.9 Å². The number of aromatic hydroxyl groups is 2. The molecule has 3 rings (SSSR count). The Labute approximate surface area is 254 Å². The predicted octanol–water partition coefficient (Wildman–Crippen LogP) is -0.156.